The highest BCUT2D eigenvalue weighted by atomic mass is 32.2. The van der Waals surface area contributed by atoms with Crippen LogP contribution in [0.4, 0.5) is 0 Å². The molecule has 2 N–H and O–H groups in total. The first-order valence-corrected chi connectivity index (χ1v) is 10.4. The Bertz CT molecular complexity index is 896. The molecule has 9 nitrogen and oxygen atoms in total. The number of nitrogens with one attached hydrogen (secondary N) is 2. The van der Waals surface area contributed by atoms with Gasteiger partial charge in [-0.1, -0.05) is 0 Å². The van der Waals surface area contributed by atoms with E-state index in [1.807, 2.05) is 24.6 Å². The van der Waals surface area contributed by atoms with Gasteiger partial charge in [0.25, 0.3) is 5.91 Å². The van der Waals surface area contributed by atoms with Crippen LogP contribution in [0.25, 0.3) is 0 Å². The number of carbonyl (C=O) groups excluding carboxylic acids is 1. The molecule has 148 valence electrons. The number of aryl methyl sites for hydroxylation is 3. The predicted molar refractivity (Wildman–Crippen MR) is 99.0 cm³/mol. The second-order valence-electron chi connectivity index (χ2n) is 6.53. The monoisotopic (exact) mass is 395 g/mol. The fourth-order valence-corrected chi connectivity index (χ4v) is 4.42. The summed E-state index contributed by atoms with van der Waals surface area (Å²) in [5.74, 6) is -0.327. The number of H-pyrrole nitrogens is 1. The van der Waals surface area contributed by atoms with Gasteiger partial charge in [-0.05, 0) is 32.4 Å². The summed E-state index contributed by atoms with van der Waals surface area (Å²) < 4.78 is 33.6. The second-order valence-corrected chi connectivity index (χ2v) is 8.46. The van der Waals surface area contributed by atoms with Crippen LogP contribution in [0.3, 0.4) is 0 Å². The van der Waals surface area contributed by atoms with Crippen LogP contribution in [0.15, 0.2) is 23.2 Å². The smallest absolute Gasteiger partial charge is 0.267 e. The van der Waals surface area contributed by atoms with Crippen molar-refractivity contribution in [3.63, 3.8) is 0 Å². The lowest BCUT2D eigenvalue weighted by Gasteiger charge is -2.25. The lowest BCUT2D eigenvalue weighted by Crippen LogP contribution is -2.40. The van der Waals surface area contributed by atoms with Gasteiger partial charge in [-0.15, -0.1) is 0 Å². The number of hydrogen-bond acceptors (Lipinski definition) is 5. The minimum absolute atomic E-state index is 0.0946. The molecule has 1 saturated heterocycles. The van der Waals surface area contributed by atoms with Gasteiger partial charge in [-0.3, -0.25) is 9.48 Å². The van der Waals surface area contributed by atoms with E-state index in [2.05, 4.69) is 15.4 Å². The molecule has 1 amide bonds. The summed E-state index contributed by atoms with van der Waals surface area (Å²) in [6, 6.07) is 3.38. The van der Waals surface area contributed by atoms with Crippen LogP contribution in [-0.2, 0) is 21.3 Å². The van der Waals surface area contributed by atoms with Gasteiger partial charge in [0.2, 0.25) is 10.0 Å². The third kappa shape index (κ3) is 4.57. The van der Waals surface area contributed by atoms with Crippen LogP contribution in [-0.4, -0.2) is 66.2 Å². The summed E-state index contributed by atoms with van der Waals surface area (Å²) in [6.07, 6.45) is 2.09. The van der Waals surface area contributed by atoms with Crippen molar-refractivity contribution < 1.29 is 17.9 Å². The average molecular weight is 395 g/mol. The molecule has 0 saturated carbocycles. The number of rotatable bonds is 7. The largest absolute Gasteiger partial charge is 0.379 e. The van der Waals surface area contributed by atoms with E-state index in [-0.39, 0.29) is 16.5 Å². The lowest BCUT2D eigenvalue weighted by atomic mass is 10.3. The van der Waals surface area contributed by atoms with Crippen LogP contribution < -0.4 is 5.32 Å². The molecule has 1 fully saturated rings. The molecule has 0 atom stereocenters. The first-order valence-electron chi connectivity index (χ1n) is 8.93. The van der Waals surface area contributed by atoms with Crippen molar-refractivity contribution in [2.45, 2.75) is 31.7 Å². The summed E-state index contributed by atoms with van der Waals surface area (Å²) in [5, 5.41) is 7.18. The molecule has 0 aromatic carbocycles. The summed E-state index contributed by atoms with van der Waals surface area (Å²) >= 11 is 0. The molecule has 0 aliphatic carbocycles. The van der Waals surface area contributed by atoms with Gasteiger partial charge < -0.3 is 15.0 Å². The number of amides is 1. The van der Waals surface area contributed by atoms with Crippen LogP contribution in [0, 0.1) is 13.8 Å². The van der Waals surface area contributed by atoms with Gasteiger partial charge in [-0.2, -0.15) is 9.40 Å². The average Bonchev–Trinajstić information content (AvgIpc) is 3.26. The summed E-state index contributed by atoms with van der Waals surface area (Å²) in [6.45, 7) is 6.53. The Morgan fingerprint density at radius 2 is 2.04 bits per heavy atom. The number of aromatic amines is 1. The number of carbonyl (C=O) groups is 1. The highest BCUT2D eigenvalue weighted by molar-refractivity contribution is 7.89. The van der Waals surface area contributed by atoms with Crippen molar-refractivity contribution in [3.05, 3.63) is 35.4 Å². The van der Waals surface area contributed by atoms with E-state index in [0.717, 1.165) is 17.8 Å². The number of aromatic nitrogens is 3. The normalized spacial score (nSPS) is 15.8. The Balaban J connectivity index is 1.53. The predicted octanol–water partition coefficient (Wildman–Crippen LogP) is 0.669. The first kappa shape index (κ1) is 19.6. The molecular weight excluding hydrogens is 370 g/mol. The maximum absolute atomic E-state index is 12.6. The van der Waals surface area contributed by atoms with E-state index in [9.17, 15) is 13.2 Å². The van der Waals surface area contributed by atoms with Crippen molar-refractivity contribution in [2.75, 3.05) is 32.8 Å². The van der Waals surface area contributed by atoms with E-state index in [1.54, 1.807) is 0 Å². The van der Waals surface area contributed by atoms with Gasteiger partial charge in [0.15, 0.2) is 0 Å². The zero-order chi connectivity index (χ0) is 19.4. The highest BCUT2D eigenvalue weighted by Gasteiger charge is 2.27. The Kier molecular flexibility index (Phi) is 5.98. The van der Waals surface area contributed by atoms with Crippen LogP contribution in [0.1, 0.15) is 28.3 Å². The number of hydrogen-bond donors (Lipinski definition) is 2. The molecule has 3 heterocycles. The molecule has 27 heavy (non-hydrogen) atoms. The van der Waals surface area contributed by atoms with Gasteiger partial charge in [0.1, 0.15) is 10.6 Å². The third-order valence-corrected chi connectivity index (χ3v) is 6.32. The summed E-state index contributed by atoms with van der Waals surface area (Å²) in [4.78, 5) is 15.1. The van der Waals surface area contributed by atoms with E-state index < -0.39 is 10.0 Å². The van der Waals surface area contributed by atoms with Crippen LogP contribution in [0.2, 0.25) is 0 Å². The molecule has 2 aromatic heterocycles. The third-order valence-electron chi connectivity index (χ3n) is 4.44. The topological polar surface area (TPSA) is 109 Å². The fourth-order valence-electron chi connectivity index (χ4n) is 3.02. The molecule has 0 spiro atoms. The van der Waals surface area contributed by atoms with Gasteiger partial charge >= 0.3 is 0 Å². The first-order chi connectivity index (χ1) is 12.9. The maximum atomic E-state index is 12.6. The molecule has 2 aromatic rings. The van der Waals surface area contributed by atoms with Crippen LogP contribution >= 0.6 is 0 Å². The standard InChI is InChI=1S/C17H25N5O4S/c1-13-10-14(2)22(20-13)5-3-4-18-17(23)16-11-15(12-19-16)27(24,25)21-6-8-26-9-7-21/h10-12,19H,3-9H2,1-2H3,(H,18,23). The number of sulfonamides is 1. The van der Waals surface area contributed by atoms with E-state index in [1.165, 1.54) is 16.6 Å². The minimum atomic E-state index is -3.61. The SMILES string of the molecule is Cc1cc(C)n(CCCNC(=O)c2cc(S(=O)(=O)N3CCOCC3)c[nH]2)n1. The van der Waals surface area contributed by atoms with E-state index in [0.29, 0.717) is 39.4 Å². The molecule has 0 radical (unpaired) electrons. The summed E-state index contributed by atoms with van der Waals surface area (Å²) in [5.41, 5.74) is 2.28. The fraction of sp³-hybridized carbons (Fsp3) is 0.529. The lowest BCUT2D eigenvalue weighted by molar-refractivity contribution is 0.0730. The van der Waals surface area contributed by atoms with E-state index >= 15 is 0 Å². The quantitative estimate of drug-likeness (QED) is 0.670. The molecule has 10 heteroatoms. The Hall–Kier alpha value is -2.17. The minimum Gasteiger partial charge on any atom is -0.379 e. The van der Waals surface area contributed by atoms with Gasteiger partial charge in [-0.25, -0.2) is 8.42 Å². The molecule has 1 aliphatic heterocycles. The Morgan fingerprint density at radius 1 is 1.30 bits per heavy atom. The van der Waals surface area contributed by atoms with Crippen LogP contribution in [0.5, 0.6) is 0 Å². The van der Waals surface area contributed by atoms with Crippen molar-refractivity contribution in [3.8, 4) is 0 Å². The molecule has 3 rings (SSSR count). The molecule has 0 unspecified atom stereocenters. The number of ether oxygens (including phenoxy) is 1. The molecule has 1 aliphatic rings. The van der Waals surface area contributed by atoms with Crippen molar-refractivity contribution >= 4 is 15.9 Å². The molecular formula is C17H25N5O4S. The van der Waals surface area contributed by atoms with Crippen molar-refractivity contribution in [1.29, 1.82) is 0 Å². The zero-order valence-electron chi connectivity index (χ0n) is 15.6. The Morgan fingerprint density at radius 3 is 2.70 bits per heavy atom. The van der Waals surface area contributed by atoms with E-state index in [4.69, 9.17) is 4.74 Å². The number of nitrogens with zero attached hydrogens (tertiary/aromatic N) is 3. The van der Waals surface area contributed by atoms with Gasteiger partial charge in [0.05, 0.1) is 18.9 Å². The second kappa shape index (κ2) is 8.24. The van der Waals surface area contributed by atoms with Crippen molar-refractivity contribution in [2.24, 2.45) is 0 Å². The van der Waals surface area contributed by atoms with Gasteiger partial charge in [0, 0.05) is 38.1 Å². The maximum Gasteiger partial charge on any atom is 0.267 e. The summed E-state index contributed by atoms with van der Waals surface area (Å²) in [7, 11) is -3.61. The highest BCUT2D eigenvalue weighted by Crippen LogP contribution is 2.18. The number of morpholine rings is 1. The zero-order valence-corrected chi connectivity index (χ0v) is 16.4. The Labute approximate surface area is 158 Å². The molecule has 0 bridgehead atoms. The van der Waals surface area contributed by atoms with Crippen molar-refractivity contribution in [1.82, 2.24) is 24.4 Å².